The number of rotatable bonds is 6. The highest BCUT2D eigenvalue weighted by Crippen LogP contribution is 2.16. The summed E-state index contributed by atoms with van der Waals surface area (Å²) in [6.45, 7) is 8.03. The van der Waals surface area contributed by atoms with Gasteiger partial charge in [-0.2, -0.15) is 0 Å². The summed E-state index contributed by atoms with van der Waals surface area (Å²) in [6.07, 6.45) is 1.71. The lowest BCUT2D eigenvalue weighted by molar-refractivity contribution is 0.795. The van der Waals surface area contributed by atoms with E-state index in [1.165, 1.54) is 4.88 Å². The Balaban J connectivity index is 1.70. The number of nitrogens with zero attached hydrogens (tertiary/aromatic N) is 5. The zero-order valence-electron chi connectivity index (χ0n) is 15.2. The lowest BCUT2D eigenvalue weighted by atomic mass is 10.3. The second kappa shape index (κ2) is 8.57. The molecule has 0 atom stereocenters. The van der Waals surface area contributed by atoms with Crippen LogP contribution in [-0.2, 0) is 13.1 Å². The molecular formula is C18H23N7S. The number of hydrogen-bond acceptors (Lipinski definition) is 5. The largest absolute Gasteiger partial charge is 0.357 e. The third-order valence-corrected chi connectivity index (χ3v) is 4.86. The van der Waals surface area contributed by atoms with Crippen LogP contribution in [0.2, 0.25) is 0 Å². The topological polar surface area (TPSA) is 80.0 Å². The quantitative estimate of drug-likeness (QED) is 0.516. The molecule has 0 spiro atoms. The Hall–Kier alpha value is -2.74. The third-order valence-electron chi connectivity index (χ3n) is 3.79. The van der Waals surface area contributed by atoms with E-state index in [1.54, 1.807) is 17.7 Å². The van der Waals surface area contributed by atoms with Gasteiger partial charge in [0.2, 0.25) is 0 Å². The minimum atomic E-state index is 0.435. The molecule has 0 radical (unpaired) electrons. The van der Waals surface area contributed by atoms with Gasteiger partial charge in [-0.1, -0.05) is 18.2 Å². The fourth-order valence-corrected chi connectivity index (χ4v) is 3.44. The van der Waals surface area contributed by atoms with E-state index in [2.05, 4.69) is 30.8 Å². The first-order valence-electron chi connectivity index (χ1n) is 8.56. The molecule has 0 unspecified atom stereocenters. The van der Waals surface area contributed by atoms with E-state index in [9.17, 15) is 0 Å². The Kier molecular flexibility index (Phi) is 5.96. The van der Waals surface area contributed by atoms with Crippen LogP contribution >= 0.6 is 11.3 Å². The van der Waals surface area contributed by atoms with Crippen LogP contribution in [0, 0.1) is 13.8 Å². The number of hydrogen-bond donors (Lipinski definition) is 2. The molecule has 7 nitrogen and oxygen atoms in total. The summed E-state index contributed by atoms with van der Waals surface area (Å²) in [7, 11) is 0. The van der Waals surface area contributed by atoms with Crippen LogP contribution in [0.4, 0.5) is 0 Å². The van der Waals surface area contributed by atoms with Crippen LogP contribution in [0.1, 0.15) is 28.3 Å². The Labute approximate surface area is 157 Å². The molecule has 2 aromatic heterocycles. The molecule has 8 heteroatoms. The summed E-state index contributed by atoms with van der Waals surface area (Å²) in [6, 6.07) is 10.0. The lowest BCUT2D eigenvalue weighted by Gasteiger charge is -2.11. The minimum absolute atomic E-state index is 0.435. The van der Waals surface area contributed by atoms with Gasteiger partial charge in [0.15, 0.2) is 11.8 Å². The van der Waals surface area contributed by atoms with Gasteiger partial charge < -0.3 is 10.6 Å². The number of nitrogens with one attached hydrogen (secondary N) is 2. The van der Waals surface area contributed by atoms with Gasteiger partial charge in [-0.3, -0.25) is 4.57 Å². The van der Waals surface area contributed by atoms with Gasteiger partial charge in [-0.25, -0.2) is 9.98 Å². The van der Waals surface area contributed by atoms with Crippen molar-refractivity contribution in [2.24, 2.45) is 4.99 Å². The Morgan fingerprint density at radius 2 is 2.00 bits per heavy atom. The smallest absolute Gasteiger partial charge is 0.191 e. The standard InChI is InChI=1S/C18H23N7S/c1-4-19-18(20-10-16-13(2)23-14(3)26-16)21-11-17-24-22-12-25(17)15-8-6-5-7-9-15/h5-9,12H,4,10-11H2,1-3H3,(H2,19,20,21). The van der Waals surface area contributed by atoms with Crippen molar-refractivity contribution in [3.05, 3.63) is 58.1 Å². The van der Waals surface area contributed by atoms with E-state index < -0.39 is 0 Å². The molecule has 0 aliphatic heterocycles. The van der Waals surface area contributed by atoms with E-state index in [4.69, 9.17) is 0 Å². The maximum Gasteiger partial charge on any atom is 0.191 e. The van der Waals surface area contributed by atoms with Crippen molar-refractivity contribution in [1.82, 2.24) is 30.4 Å². The zero-order chi connectivity index (χ0) is 18.4. The zero-order valence-corrected chi connectivity index (χ0v) is 16.0. The summed E-state index contributed by atoms with van der Waals surface area (Å²) in [5.41, 5.74) is 2.09. The number of aryl methyl sites for hydroxylation is 2. The molecule has 136 valence electrons. The van der Waals surface area contributed by atoms with Crippen molar-refractivity contribution >= 4 is 17.3 Å². The van der Waals surface area contributed by atoms with Crippen LogP contribution in [-0.4, -0.2) is 32.3 Å². The maximum atomic E-state index is 4.65. The van der Waals surface area contributed by atoms with Crippen LogP contribution in [0.15, 0.2) is 41.7 Å². The third kappa shape index (κ3) is 4.45. The van der Waals surface area contributed by atoms with Crippen molar-refractivity contribution in [2.75, 3.05) is 6.54 Å². The molecule has 3 rings (SSSR count). The lowest BCUT2D eigenvalue weighted by Crippen LogP contribution is -2.36. The van der Waals surface area contributed by atoms with Gasteiger partial charge >= 0.3 is 0 Å². The highest BCUT2D eigenvalue weighted by Gasteiger charge is 2.08. The van der Waals surface area contributed by atoms with Crippen LogP contribution in [0.25, 0.3) is 5.69 Å². The fraction of sp³-hybridized carbons (Fsp3) is 0.333. The van der Waals surface area contributed by atoms with Gasteiger partial charge in [-0.05, 0) is 32.9 Å². The number of aliphatic imine (C=N–C) groups is 1. The van der Waals surface area contributed by atoms with Crippen molar-refractivity contribution in [3.8, 4) is 5.69 Å². The molecule has 0 fully saturated rings. The van der Waals surface area contributed by atoms with Crippen molar-refractivity contribution in [2.45, 2.75) is 33.9 Å². The van der Waals surface area contributed by atoms with E-state index >= 15 is 0 Å². The average molecular weight is 369 g/mol. The summed E-state index contributed by atoms with van der Waals surface area (Å²) in [5.74, 6) is 1.54. The molecule has 1 aromatic carbocycles. The Bertz CT molecular complexity index is 867. The number of thiazole rings is 1. The first kappa shape index (κ1) is 18.1. The van der Waals surface area contributed by atoms with Crippen molar-refractivity contribution < 1.29 is 0 Å². The van der Waals surface area contributed by atoms with E-state index in [1.807, 2.05) is 55.7 Å². The van der Waals surface area contributed by atoms with Gasteiger partial charge in [0.05, 0.1) is 17.2 Å². The van der Waals surface area contributed by atoms with E-state index in [0.717, 1.165) is 34.7 Å². The van der Waals surface area contributed by atoms with Gasteiger partial charge in [0, 0.05) is 17.1 Å². The summed E-state index contributed by atoms with van der Waals surface area (Å²) < 4.78 is 1.95. The predicted octanol–water partition coefficient (Wildman–Crippen LogP) is 2.60. The molecule has 2 N–H and O–H groups in total. The second-order valence-electron chi connectivity index (χ2n) is 5.74. The van der Waals surface area contributed by atoms with E-state index in [-0.39, 0.29) is 0 Å². The fourth-order valence-electron chi connectivity index (χ4n) is 2.56. The van der Waals surface area contributed by atoms with Gasteiger partial charge in [0.1, 0.15) is 12.9 Å². The average Bonchev–Trinajstić information content (AvgIpc) is 3.24. The molecule has 0 saturated heterocycles. The predicted molar refractivity (Wildman–Crippen MR) is 105 cm³/mol. The molecule has 0 amide bonds. The summed E-state index contributed by atoms with van der Waals surface area (Å²) in [4.78, 5) is 10.3. The van der Waals surface area contributed by atoms with Crippen molar-refractivity contribution in [3.63, 3.8) is 0 Å². The Morgan fingerprint density at radius 1 is 1.19 bits per heavy atom. The monoisotopic (exact) mass is 369 g/mol. The highest BCUT2D eigenvalue weighted by molar-refractivity contribution is 7.11. The van der Waals surface area contributed by atoms with Crippen LogP contribution < -0.4 is 10.6 Å². The van der Waals surface area contributed by atoms with Crippen molar-refractivity contribution in [1.29, 1.82) is 0 Å². The SMILES string of the molecule is CCNC(=NCc1nncn1-c1ccccc1)NCc1sc(C)nc1C. The number of aromatic nitrogens is 4. The number of para-hydroxylation sites is 1. The number of guanidine groups is 1. The molecule has 0 aliphatic rings. The van der Waals surface area contributed by atoms with Gasteiger partial charge in [-0.15, -0.1) is 21.5 Å². The summed E-state index contributed by atoms with van der Waals surface area (Å²) in [5, 5.41) is 15.9. The molecule has 26 heavy (non-hydrogen) atoms. The Morgan fingerprint density at radius 3 is 2.69 bits per heavy atom. The first-order chi connectivity index (χ1) is 12.7. The van der Waals surface area contributed by atoms with Crippen LogP contribution in [0.5, 0.6) is 0 Å². The molecule has 0 bridgehead atoms. The van der Waals surface area contributed by atoms with Gasteiger partial charge in [0.25, 0.3) is 0 Å². The normalized spacial score (nSPS) is 11.6. The number of benzene rings is 1. The molecule has 2 heterocycles. The highest BCUT2D eigenvalue weighted by atomic mass is 32.1. The van der Waals surface area contributed by atoms with E-state index in [0.29, 0.717) is 13.1 Å². The molecule has 3 aromatic rings. The minimum Gasteiger partial charge on any atom is -0.357 e. The molecule has 0 aliphatic carbocycles. The first-order valence-corrected chi connectivity index (χ1v) is 9.38. The molecule has 0 saturated carbocycles. The van der Waals surface area contributed by atoms with Crippen LogP contribution in [0.3, 0.4) is 0 Å². The summed E-state index contributed by atoms with van der Waals surface area (Å²) >= 11 is 1.71. The maximum absolute atomic E-state index is 4.65. The molecular weight excluding hydrogens is 346 g/mol. The second-order valence-corrected chi connectivity index (χ2v) is 7.03.